The van der Waals surface area contributed by atoms with Crippen molar-refractivity contribution in [3.05, 3.63) is 35.4 Å². The predicted octanol–water partition coefficient (Wildman–Crippen LogP) is 2.91. The fourth-order valence-electron chi connectivity index (χ4n) is 3.04. The van der Waals surface area contributed by atoms with Gasteiger partial charge in [0.05, 0.1) is 12.2 Å². The number of likely N-dealkylation sites (tertiary alicyclic amines) is 1. The van der Waals surface area contributed by atoms with Crippen LogP contribution in [0, 0.1) is 0 Å². The van der Waals surface area contributed by atoms with Gasteiger partial charge in [0, 0.05) is 24.2 Å². The molecule has 0 spiro atoms. The highest BCUT2D eigenvalue weighted by atomic mass is 16.5. The number of carbonyl (C=O) groups excluding carboxylic acids is 1. The van der Waals surface area contributed by atoms with Crippen molar-refractivity contribution in [2.24, 2.45) is 5.73 Å². The number of benzene rings is 1. The molecule has 1 fully saturated rings. The van der Waals surface area contributed by atoms with E-state index in [1.54, 1.807) is 6.07 Å². The summed E-state index contributed by atoms with van der Waals surface area (Å²) in [7, 11) is 0. The minimum Gasteiger partial charge on any atom is -0.462 e. The Balaban J connectivity index is 2.15. The molecule has 22 heavy (non-hydrogen) atoms. The molecule has 1 aromatic carbocycles. The van der Waals surface area contributed by atoms with Gasteiger partial charge in [0.2, 0.25) is 0 Å². The first-order valence-electron chi connectivity index (χ1n) is 8.08. The molecule has 0 aromatic heterocycles. The van der Waals surface area contributed by atoms with Crippen molar-refractivity contribution in [1.29, 1.82) is 0 Å². The second-order valence-corrected chi connectivity index (χ2v) is 7.12. The van der Waals surface area contributed by atoms with Gasteiger partial charge in [0.25, 0.3) is 0 Å². The van der Waals surface area contributed by atoms with Crippen LogP contribution in [0.25, 0.3) is 0 Å². The number of hydrogen-bond acceptors (Lipinski definition) is 4. The number of nitrogens with zero attached hydrogens (tertiary/aromatic N) is 1. The van der Waals surface area contributed by atoms with E-state index in [2.05, 4.69) is 25.7 Å². The molecule has 4 nitrogen and oxygen atoms in total. The number of piperidine rings is 1. The zero-order valence-electron chi connectivity index (χ0n) is 14.2. The lowest BCUT2D eigenvalue weighted by Gasteiger charge is -2.45. The van der Waals surface area contributed by atoms with Crippen LogP contribution in [-0.2, 0) is 10.3 Å². The summed E-state index contributed by atoms with van der Waals surface area (Å²) in [5, 5.41) is 0. The van der Waals surface area contributed by atoms with Crippen LogP contribution >= 0.6 is 0 Å². The highest BCUT2D eigenvalue weighted by molar-refractivity contribution is 5.89. The summed E-state index contributed by atoms with van der Waals surface area (Å²) in [5.41, 5.74) is 8.09. The van der Waals surface area contributed by atoms with Gasteiger partial charge in [-0.25, -0.2) is 4.79 Å². The molecule has 0 aliphatic carbocycles. The van der Waals surface area contributed by atoms with E-state index in [4.69, 9.17) is 10.5 Å². The van der Waals surface area contributed by atoms with Gasteiger partial charge in [0.1, 0.15) is 0 Å². The standard InChI is InChI=1S/C18H28N2O2/c1-5-22-16(21)14-7-6-8-15(13-14)18(19)9-11-20(12-10-18)17(2,3)4/h6-8,13H,5,9-12,19H2,1-4H3. The van der Waals surface area contributed by atoms with Gasteiger partial charge in [-0.1, -0.05) is 12.1 Å². The third-order valence-electron chi connectivity index (χ3n) is 4.55. The Labute approximate surface area is 133 Å². The zero-order valence-corrected chi connectivity index (χ0v) is 14.2. The van der Waals surface area contributed by atoms with Gasteiger partial charge in [-0.05, 0) is 58.2 Å². The molecule has 0 radical (unpaired) electrons. The maximum Gasteiger partial charge on any atom is 0.338 e. The van der Waals surface area contributed by atoms with Crippen LogP contribution < -0.4 is 5.73 Å². The fourth-order valence-corrected chi connectivity index (χ4v) is 3.04. The number of rotatable bonds is 3. The Kier molecular flexibility index (Phi) is 4.93. The smallest absolute Gasteiger partial charge is 0.338 e. The Morgan fingerprint density at radius 1 is 1.32 bits per heavy atom. The third kappa shape index (κ3) is 3.68. The van der Waals surface area contributed by atoms with Crippen molar-refractivity contribution in [3.63, 3.8) is 0 Å². The Hall–Kier alpha value is -1.39. The summed E-state index contributed by atoms with van der Waals surface area (Å²) in [4.78, 5) is 14.4. The monoisotopic (exact) mass is 304 g/mol. The third-order valence-corrected chi connectivity index (χ3v) is 4.55. The van der Waals surface area contributed by atoms with Crippen LogP contribution in [0.4, 0.5) is 0 Å². The van der Waals surface area contributed by atoms with E-state index in [1.165, 1.54) is 0 Å². The van der Waals surface area contributed by atoms with E-state index in [0.717, 1.165) is 31.5 Å². The second-order valence-electron chi connectivity index (χ2n) is 7.12. The Bertz CT molecular complexity index is 526. The van der Waals surface area contributed by atoms with E-state index in [9.17, 15) is 4.79 Å². The SMILES string of the molecule is CCOC(=O)c1cccc(C2(N)CCN(C(C)(C)C)CC2)c1. The maximum atomic E-state index is 11.9. The molecule has 1 aliphatic rings. The van der Waals surface area contributed by atoms with Gasteiger partial charge < -0.3 is 10.5 Å². The van der Waals surface area contributed by atoms with Gasteiger partial charge in [-0.3, -0.25) is 4.90 Å². The summed E-state index contributed by atoms with van der Waals surface area (Å²) in [5.74, 6) is -0.278. The average molecular weight is 304 g/mol. The molecular formula is C18H28N2O2. The average Bonchev–Trinajstić information content (AvgIpc) is 2.47. The largest absolute Gasteiger partial charge is 0.462 e. The minimum atomic E-state index is -0.357. The van der Waals surface area contributed by atoms with Crippen molar-refractivity contribution in [3.8, 4) is 0 Å². The van der Waals surface area contributed by atoms with E-state index in [-0.39, 0.29) is 17.0 Å². The molecule has 122 valence electrons. The van der Waals surface area contributed by atoms with Gasteiger partial charge in [-0.15, -0.1) is 0 Å². The van der Waals surface area contributed by atoms with Crippen molar-refractivity contribution in [2.75, 3.05) is 19.7 Å². The second kappa shape index (κ2) is 6.39. The van der Waals surface area contributed by atoms with E-state index in [1.807, 2.05) is 25.1 Å². The van der Waals surface area contributed by atoms with Crippen LogP contribution in [0.3, 0.4) is 0 Å². The topological polar surface area (TPSA) is 55.6 Å². The molecule has 2 rings (SSSR count). The summed E-state index contributed by atoms with van der Waals surface area (Å²) >= 11 is 0. The molecule has 0 saturated carbocycles. The number of hydrogen-bond donors (Lipinski definition) is 1. The van der Waals surface area contributed by atoms with Crippen LogP contribution in [0.5, 0.6) is 0 Å². The fraction of sp³-hybridized carbons (Fsp3) is 0.611. The lowest BCUT2D eigenvalue weighted by molar-refractivity contribution is 0.0526. The predicted molar refractivity (Wildman–Crippen MR) is 88.8 cm³/mol. The summed E-state index contributed by atoms with van der Waals surface area (Å²) < 4.78 is 5.08. The summed E-state index contributed by atoms with van der Waals surface area (Å²) in [6.45, 7) is 10.9. The zero-order chi connectivity index (χ0) is 16.4. The van der Waals surface area contributed by atoms with Crippen molar-refractivity contribution >= 4 is 5.97 Å². The van der Waals surface area contributed by atoms with Crippen molar-refractivity contribution < 1.29 is 9.53 Å². The quantitative estimate of drug-likeness (QED) is 0.872. The molecule has 4 heteroatoms. The van der Waals surface area contributed by atoms with Gasteiger partial charge in [0.15, 0.2) is 0 Å². The molecule has 1 saturated heterocycles. The molecule has 0 unspecified atom stereocenters. The molecule has 2 N–H and O–H groups in total. The van der Waals surface area contributed by atoms with Crippen molar-refractivity contribution in [1.82, 2.24) is 4.90 Å². The van der Waals surface area contributed by atoms with E-state index >= 15 is 0 Å². The lowest BCUT2D eigenvalue weighted by atomic mass is 9.80. The number of esters is 1. The van der Waals surface area contributed by atoms with Gasteiger partial charge >= 0.3 is 5.97 Å². The number of carbonyl (C=O) groups is 1. The minimum absolute atomic E-state index is 0.175. The van der Waals surface area contributed by atoms with Crippen LogP contribution in [0.15, 0.2) is 24.3 Å². The number of ether oxygens (including phenoxy) is 1. The highest BCUT2D eigenvalue weighted by Crippen LogP contribution is 2.33. The molecule has 0 bridgehead atoms. The molecule has 1 aliphatic heterocycles. The van der Waals surface area contributed by atoms with Crippen molar-refractivity contribution in [2.45, 2.75) is 51.6 Å². The Morgan fingerprint density at radius 2 is 1.95 bits per heavy atom. The Morgan fingerprint density at radius 3 is 2.50 bits per heavy atom. The number of nitrogens with two attached hydrogens (primary N) is 1. The first-order chi connectivity index (χ1) is 10.3. The summed E-state index contributed by atoms with van der Waals surface area (Å²) in [6, 6.07) is 7.60. The molecule has 0 amide bonds. The molecule has 1 heterocycles. The lowest BCUT2D eigenvalue weighted by Crippen LogP contribution is -2.53. The summed E-state index contributed by atoms with van der Waals surface area (Å²) in [6.07, 6.45) is 1.80. The van der Waals surface area contributed by atoms with Crippen LogP contribution in [-0.4, -0.2) is 36.1 Å². The van der Waals surface area contributed by atoms with E-state index in [0.29, 0.717) is 12.2 Å². The first-order valence-corrected chi connectivity index (χ1v) is 8.08. The molecule has 0 atom stereocenters. The van der Waals surface area contributed by atoms with Gasteiger partial charge in [-0.2, -0.15) is 0 Å². The highest BCUT2D eigenvalue weighted by Gasteiger charge is 2.35. The van der Waals surface area contributed by atoms with E-state index < -0.39 is 0 Å². The molecular weight excluding hydrogens is 276 g/mol. The molecule has 1 aromatic rings. The first kappa shape index (κ1) is 17.0. The maximum absolute atomic E-state index is 11.9. The normalized spacial score (nSPS) is 19.0. The van der Waals surface area contributed by atoms with Crippen LogP contribution in [0.1, 0.15) is 56.5 Å². The van der Waals surface area contributed by atoms with Crippen LogP contribution in [0.2, 0.25) is 0 Å².